The van der Waals surface area contributed by atoms with Crippen LogP contribution in [0.4, 0.5) is 11.4 Å². The third kappa shape index (κ3) is 2.71. The van der Waals surface area contributed by atoms with Crippen molar-refractivity contribution in [1.29, 1.82) is 0 Å². The van der Waals surface area contributed by atoms with Gasteiger partial charge in [-0.3, -0.25) is 9.78 Å². The van der Waals surface area contributed by atoms with E-state index < -0.39 is 0 Å². The van der Waals surface area contributed by atoms with E-state index in [-0.39, 0.29) is 11.9 Å². The van der Waals surface area contributed by atoms with E-state index in [1.165, 1.54) is 5.56 Å². The Labute approximate surface area is 153 Å². The average molecular weight is 346 g/mol. The minimum absolute atomic E-state index is 0.0743. The molecule has 2 heterocycles. The summed E-state index contributed by atoms with van der Waals surface area (Å²) in [7, 11) is 0. The summed E-state index contributed by atoms with van der Waals surface area (Å²) in [6.07, 6.45) is 3.17. The van der Waals surface area contributed by atoms with Crippen molar-refractivity contribution in [2.75, 3.05) is 5.32 Å². The van der Waals surface area contributed by atoms with E-state index >= 15 is 0 Å². The van der Waals surface area contributed by atoms with Crippen molar-refractivity contribution < 1.29 is 9.53 Å². The lowest BCUT2D eigenvalue weighted by Gasteiger charge is -2.16. The first-order valence-electron chi connectivity index (χ1n) is 9.05. The smallest absolute Gasteiger partial charge is 0.166 e. The Hall–Kier alpha value is -2.88. The van der Waals surface area contributed by atoms with Gasteiger partial charge in [0.2, 0.25) is 0 Å². The van der Waals surface area contributed by atoms with Gasteiger partial charge >= 0.3 is 0 Å². The molecule has 0 fully saturated rings. The molecule has 1 aliphatic heterocycles. The third-order valence-corrected chi connectivity index (χ3v) is 4.93. The standard InChI is InChI=1S/C22H22N2O2/c1-4-19(25)17-12-23-21-16(10-9-15-11-14(3)26-22(15)21)20(17)24-18-8-6-5-7-13(18)2/h5-10,12,14H,4,11H2,1-3H3,(H,23,24). The van der Waals surface area contributed by atoms with E-state index in [4.69, 9.17) is 4.74 Å². The number of benzene rings is 2. The van der Waals surface area contributed by atoms with Crippen LogP contribution in [0.5, 0.6) is 5.75 Å². The number of aryl methyl sites for hydroxylation is 1. The number of hydrogen-bond donors (Lipinski definition) is 1. The summed E-state index contributed by atoms with van der Waals surface area (Å²) in [4.78, 5) is 17.1. The first kappa shape index (κ1) is 16.6. The molecule has 132 valence electrons. The van der Waals surface area contributed by atoms with Gasteiger partial charge in [-0.1, -0.05) is 37.3 Å². The van der Waals surface area contributed by atoms with E-state index in [0.29, 0.717) is 12.0 Å². The Bertz CT molecular complexity index is 1010. The van der Waals surface area contributed by atoms with Crippen LogP contribution >= 0.6 is 0 Å². The fourth-order valence-corrected chi connectivity index (χ4v) is 3.51. The quantitative estimate of drug-likeness (QED) is 0.660. The van der Waals surface area contributed by atoms with Crippen LogP contribution in [0.25, 0.3) is 10.9 Å². The summed E-state index contributed by atoms with van der Waals surface area (Å²) in [5.74, 6) is 0.920. The Kier molecular flexibility index (Phi) is 4.11. The lowest BCUT2D eigenvalue weighted by Crippen LogP contribution is -2.07. The molecule has 2 aromatic carbocycles. The van der Waals surface area contributed by atoms with E-state index in [1.807, 2.05) is 25.1 Å². The number of ketones is 1. The third-order valence-electron chi connectivity index (χ3n) is 4.93. The van der Waals surface area contributed by atoms with Crippen molar-refractivity contribution in [3.8, 4) is 5.75 Å². The summed E-state index contributed by atoms with van der Waals surface area (Å²) >= 11 is 0. The number of fused-ring (bicyclic) bond motifs is 3. The molecule has 0 saturated heterocycles. The lowest BCUT2D eigenvalue weighted by atomic mass is 10.0. The largest absolute Gasteiger partial charge is 0.488 e. The van der Waals surface area contributed by atoms with Crippen molar-refractivity contribution in [2.45, 2.75) is 39.7 Å². The fourth-order valence-electron chi connectivity index (χ4n) is 3.51. The average Bonchev–Trinajstić information content (AvgIpc) is 3.03. The zero-order chi connectivity index (χ0) is 18.3. The number of aromatic nitrogens is 1. The second kappa shape index (κ2) is 6.45. The van der Waals surface area contributed by atoms with Crippen molar-refractivity contribution in [3.63, 3.8) is 0 Å². The molecule has 1 unspecified atom stereocenters. The van der Waals surface area contributed by atoms with E-state index in [9.17, 15) is 4.79 Å². The number of nitrogens with one attached hydrogen (secondary N) is 1. The van der Waals surface area contributed by atoms with Gasteiger partial charge in [-0.25, -0.2) is 0 Å². The maximum absolute atomic E-state index is 12.5. The van der Waals surface area contributed by atoms with Gasteiger partial charge in [0.25, 0.3) is 0 Å². The van der Waals surface area contributed by atoms with E-state index in [0.717, 1.165) is 40.0 Å². The summed E-state index contributed by atoms with van der Waals surface area (Å²) in [5, 5.41) is 4.40. The van der Waals surface area contributed by atoms with Crippen LogP contribution in [-0.4, -0.2) is 16.9 Å². The molecule has 1 aromatic heterocycles. The summed E-state index contributed by atoms with van der Waals surface area (Å²) in [6.45, 7) is 5.99. The van der Waals surface area contributed by atoms with Crippen molar-refractivity contribution >= 4 is 28.1 Å². The number of carbonyl (C=O) groups excluding carboxylic acids is 1. The molecular formula is C22H22N2O2. The molecule has 1 aliphatic rings. The Morgan fingerprint density at radius 1 is 1.27 bits per heavy atom. The Balaban J connectivity index is 1.94. The Morgan fingerprint density at radius 3 is 2.85 bits per heavy atom. The van der Waals surface area contributed by atoms with Gasteiger partial charge in [0.05, 0.1) is 11.3 Å². The van der Waals surface area contributed by atoms with Crippen LogP contribution in [0.15, 0.2) is 42.6 Å². The first-order chi connectivity index (χ1) is 12.6. The molecule has 0 saturated carbocycles. The van der Waals surface area contributed by atoms with Gasteiger partial charge in [-0.15, -0.1) is 0 Å². The van der Waals surface area contributed by atoms with Crippen LogP contribution in [0, 0.1) is 6.92 Å². The van der Waals surface area contributed by atoms with Gasteiger partial charge in [0.15, 0.2) is 5.78 Å². The van der Waals surface area contributed by atoms with Crippen LogP contribution in [0.1, 0.15) is 41.8 Å². The van der Waals surface area contributed by atoms with Crippen molar-refractivity contribution in [1.82, 2.24) is 4.98 Å². The number of hydrogen-bond acceptors (Lipinski definition) is 4. The minimum atomic E-state index is 0.0743. The number of carbonyl (C=O) groups is 1. The highest BCUT2D eigenvalue weighted by atomic mass is 16.5. The number of ether oxygens (including phenoxy) is 1. The highest BCUT2D eigenvalue weighted by Crippen LogP contribution is 2.40. The van der Waals surface area contributed by atoms with E-state index in [2.05, 4.69) is 42.3 Å². The summed E-state index contributed by atoms with van der Waals surface area (Å²) < 4.78 is 6.00. The second-order valence-electron chi connectivity index (χ2n) is 6.85. The Morgan fingerprint density at radius 2 is 2.08 bits per heavy atom. The van der Waals surface area contributed by atoms with Crippen molar-refractivity contribution in [3.05, 3.63) is 59.3 Å². The van der Waals surface area contributed by atoms with Crippen LogP contribution in [-0.2, 0) is 6.42 Å². The van der Waals surface area contributed by atoms with E-state index in [1.54, 1.807) is 6.20 Å². The second-order valence-corrected chi connectivity index (χ2v) is 6.85. The molecule has 4 rings (SSSR count). The zero-order valence-corrected chi connectivity index (χ0v) is 15.3. The molecule has 0 amide bonds. The van der Waals surface area contributed by atoms with Gasteiger partial charge in [0, 0.05) is 35.7 Å². The number of Topliss-reactive ketones (excluding diaryl/α,β-unsaturated/α-hetero) is 1. The molecule has 0 spiro atoms. The first-order valence-corrected chi connectivity index (χ1v) is 9.05. The number of pyridine rings is 1. The van der Waals surface area contributed by atoms with Gasteiger partial charge in [0.1, 0.15) is 17.4 Å². The number of rotatable bonds is 4. The molecule has 1 N–H and O–H groups in total. The monoisotopic (exact) mass is 346 g/mol. The molecular weight excluding hydrogens is 324 g/mol. The van der Waals surface area contributed by atoms with Crippen LogP contribution in [0.3, 0.4) is 0 Å². The maximum Gasteiger partial charge on any atom is 0.166 e. The normalized spacial score (nSPS) is 15.6. The fraction of sp³-hybridized carbons (Fsp3) is 0.273. The molecule has 0 radical (unpaired) electrons. The highest BCUT2D eigenvalue weighted by Gasteiger charge is 2.24. The molecule has 1 atom stereocenters. The predicted octanol–water partition coefficient (Wildman–Crippen LogP) is 5.20. The predicted molar refractivity (Wildman–Crippen MR) is 105 cm³/mol. The lowest BCUT2D eigenvalue weighted by molar-refractivity contribution is 0.0988. The summed E-state index contributed by atoms with van der Waals surface area (Å²) in [6, 6.07) is 12.2. The maximum atomic E-state index is 12.5. The number of nitrogens with zero attached hydrogens (tertiary/aromatic N) is 1. The van der Waals surface area contributed by atoms with Crippen molar-refractivity contribution in [2.24, 2.45) is 0 Å². The number of para-hydroxylation sites is 1. The van der Waals surface area contributed by atoms with Gasteiger partial charge in [-0.2, -0.15) is 0 Å². The molecule has 4 nitrogen and oxygen atoms in total. The number of anilines is 2. The zero-order valence-electron chi connectivity index (χ0n) is 15.3. The highest BCUT2D eigenvalue weighted by molar-refractivity contribution is 6.10. The summed E-state index contributed by atoms with van der Waals surface area (Å²) in [5.41, 5.74) is 5.53. The molecule has 4 heteroatoms. The van der Waals surface area contributed by atoms with Gasteiger partial charge < -0.3 is 10.1 Å². The SMILES string of the molecule is CCC(=O)c1cnc2c3c(ccc2c1Nc1ccccc1C)CC(C)O3. The molecule has 0 bridgehead atoms. The topological polar surface area (TPSA) is 51.2 Å². The minimum Gasteiger partial charge on any atom is -0.488 e. The molecule has 3 aromatic rings. The molecule has 26 heavy (non-hydrogen) atoms. The van der Waals surface area contributed by atoms with Gasteiger partial charge in [-0.05, 0) is 25.5 Å². The van der Waals surface area contributed by atoms with Crippen LogP contribution < -0.4 is 10.1 Å². The van der Waals surface area contributed by atoms with Crippen LogP contribution in [0.2, 0.25) is 0 Å². The molecule has 0 aliphatic carbocycles.